The van der Waals surface area contributed by atoms with Crippen LogP contribution in [0.25, 0.3) is 0 Å². The molecule has 0 atom stereocenters. The summed E-state index contributed by atoms with van der Waals surface area (Å²) >= 11 is 0. The molecule has 0 fully saturated rings. The zero-order chi connectivity index (χ0) is 11.6. The molecule has 0 aliphatic carbocycles. The average Bonchev–Trinajstić information content (AvgIpc) is 1.94. The highest BCUT2D eigenvalue weighted by Gasteiger charge is 2.26. The average molecular weight is 200 g/mol. The van der Waals surface area contributed by atoms with Crippen LogP contribution in [-0.2, 0) is 0 Å². The minimum atomic E-state index is -0.0832. The van der Waals surface area contributed by atoms with Crippen molar-refractivity contribution in [2.75, 3.05) is 13.2 Å². The van der Waals surface area contributed by atoms with Crippen LogP contribution in [0.4, 0.5) is 0 Å². The van der Waals surface area contributed by atoms with Crippen LogP contribution in [0.2, 0.25) is 0 Å². The molecule has 14 heavy (non-hydrogen) atoms. The van der Waals surface area contributed by atoms with E-state index >= 15 is 0 Å². The molecule has 0 aliphatic heterocycles. The summed E-state index contributed by atoms with van der Waals surface area (Å²) in [6.07, 6.45) is 0. The van der Waals surface area contributed by atoms with Crippen LogP contribution in [-0.4, -0.2) is 23.4 Å². The Balaban J connectivity index is 5.36. The van der Waals surface area contributed by atoms with Crippen molar-refractivity contribution < 1.29 is 10.2 Å². The number of aliphatic hydroxyl groups excluding tert-OH is 2. The second-order valence-corrected chi connectivity index (χ2v) is 5.77. The fourth-order valence-electron chi connectivity index (χ4n) is 1.57. The molecule has 0 aromatic rings. The van der Waals surface area contributed by atoms with Gasteiger partial charge in [-0.15, -0.1) is 0 Å². The molecule has 0 bridgehead atoms. The molecule has 0 radical (unpaired) electrons. The van der Waals surface area contributed by atoms with E-state index in [2.05, 4.69) is 41.5 Å². The van der Waals surface area contributed by atoms with Crippen LogP contribution in [0.3, 0.4) is 0 Å². The van der Waals surface area contributed by atoms with Gasteiger partial charge in [-0.25, -0.2) is 0 Å². The first-order chi connectivity index (χ1) is 6.14. The van der Waals surface area contributed by atoms with Gasteiger partial charge in [0.05, 0.1) is 13.2 Å². The van der Waals surface area contributed by atoms with Crippen molar-refractivity contribution in [3.63, 3.8) is 0 Å². The van der Waals surface area contributed by atoms with E-state index in [-0.39, 0.29) is 24.0 Å². The van der Waals surface area contributed by atoms with Crippen LogP contribution < -0.4 is 0 Å². The normalized spacial score (nSPS) is 15.4. The van der Waals surface area contributed by atoms with Gasteiger partial charge >= 0.3 is 0 Å². The second-order valence-electron chi connectivity index (χ2n) is 5.77. The van der Waals surface area contributed by atoms with Crippen molar-refractivity contribution in [2.24, 2.45) is 10.8 Å². The Labute approximate surface area is 87.7 Å². The zero-order valence-corrected chi connectivity index (χ0v) is 10.3. The van der Waals surface area contributed by atoms with E-state index in [1.165, 1.54) is 0 Å². The molecular formula is C12H24O2. The third kappa shape index (κ3) is 3.43. The molecule has 0 saturated heterocycles. The lowest BCUT2D eigenvalue weighted by Gasteiger charge is -2.31. The van der Waals surface area contributed by atoms with Crippen LogP contribution in [0.1, 0.15) is 41.5 Å². The van der Waals surface area contributed by atoms with Gasteiger partial charge in [-0.3, -0.25) is 0 Å². The Bertz CT molecular complexity index is 189. The summed E-state index contributed by atoms with van der Waals surface area (Å²) in [6, 6.07) is 0. The first kappa shape index (κ1) is 13.7. The van der Waals surface area contributed by atoms with Crippen molar-refractivity contribution >= 4 is 0 Å². The lowest BCUT2D eigenvalue weighted by molar-refractivity contribution is 0.257. The van der Waals surface area contributed by atoms with Gasteiger partial charge in [-0.2, -0.15) is 0 Å². The van der Waals surface area contributed by atoms with E-state index in [1.807, 2.05) is 0 Å². The van der Waals surface area contributed by atoms with E-state index in [0.29, 0.717) is 0 Å². The molecule has 2 nitrogen and oxygen atoms in total. The van der Waals surface area contributed by atoms with Crippen LogP contribution in [0.5, 0.6) is 0 Å². The quantitative estimate of drug-likeness (QED) is 0.672. The Morgan fingerprint density at radius 3 is 1.00 bits per heavy atom. The number of hydrogen-bond donors (Lipinski definition) is 2. The van der Waals surface area contributed by atoms with Gasteiger partial charge in [-0.05, 0) is 22.0 Å². The van der Waals surface area contributed by atoms with Crippen molar-refractivity contribution in [1.29, 1.82) is 0 Å². The van der Waals surface area contributed by atoms with E-state index in [9.17, 15) is 10.2 Å². The molecule has 0 aromatic heterocycles. The van der Waals surface area contributed by atoms with Crippen LogP contribution in [0.15, 0.2) is 11.1 Å². The summed E-state index contributed by atoms with van der Waals surface area (Å²) < 4.78 is 0. The SMILES string of the molecule is CC(C)(C)/C(CO)=C(\CO)C(C)(C)C. The summed E-state index contributed by atoms with van der Waals surface area (Å²) in [7, 11) is 0. The zero-order valence-electron chi connectivity index (χ0n) is 10.3. The Morgan fingerprint density at radius 2 is 0.929 bits per heavy atom. The highest BCUT2D eigenvalue weighted by molar-refractivity contribution is 5.25. The molecule has 0 unspecified atom stereocenters. The number of hydrogen-bond acceptors (Lipinski definition) is 2. The predicted octanol–water partition coefficient (Wildman–Crippen LogP) is 2.36. The maximum Gasteiger partial charge on any atom is 0.0650 e. The molecular weight excluding hydrogens is 176 g/mol. The monoisotopic (exact) mass is 200 g/mol. The van der Waals surface area contributed by atoms with Gasteiger partial charge in [0.25, 0.3) is 0 Å². The predicted molar refractivity (Wildman–Crippen MR) is 60.1 cm³/mol. The fraction of sp³-hybridized carbons (Fsp3) is 0.833. The molecule has 2 heteroatoms. The molecule has 0 spiro atoms. The lowest BCUT2D eigenvalue weighted by Crippen LogP contribution is -2.23. The van der Waals surface area contributed by atoms with E-state index in [1.54, 1.807) is 0 Å². The van der Waals surface area contributed by atoms with Crippen molar-refractivity contribution in [3.8, 4) is 0 Å². The Morgan fingerprint density at radius 1 is 0.714 bits per heavy atom. The van der Waals surface area contributed by atoms with Crippen molar-refractivity contribution in [2.45, 2.75) is 41.5 Å². The summed E-state index contributed by atoms with van der Waals surface area (Å²) in [5.74, 6) is 0. The summed E-state index contributed by atoms with van der Waals surface area (Å²) in [4.78, 5) is 0. The molecule has 0 aromatic carbocycles. The van der Waals surface area contributed by atoms with E-state index in [4.69, 9.17) is 0 Å². The summed E-state index contributed by atoms with van der Waals surface area (Å²) in [6.45, 7) is 12.4. The van der Waals surface area contributed by atoms with Gasteiger partial charge in [0.1, 0.15) is 0 Å². The van der Waals surface area contributed by atoms with Gasteiger partial charge in [0.15, 0.2) is 0 Å². The molecule has 0 amide bonds. The molecule has 0 aliphatic rings. The Hall–Kier alpha value is -0.340. The lowest BCUT2D eigenvalue weighted by atomic mass is 9.75. The van der Waals surface area contributed by atoms with Gasteiger partial charge in [0.2, 0.25) is 0 Å². The fourth-order valence-corrected chi connectivity index (χ4v) is 1.57. The highest BCUT2D eigenvalue weighted by Crippen LogP contribution is 2.35. The van der Waals surface area contributed by atoms with Gasteiger partial charge < -0.3 is 10.2 Å². The molecule has 0 heterocycles. The van der Waals surface area contributed by atoms with E-state index < -0.39 is 0 Å². The van der Waals surface area contributed by atoms with Gasteiger partial charge in [0, 0.05) is 0 Å². The summed E-state index contributed by atoms with van der Waals surface area (Å²) in [5.41, 5.74) is 1.74. The number of aliphatic hydroxyl groups is 2. The Kier molecular flexibility index (Phi) is 4.34. The first-order valence-electron chi connectivity index (χ1n) is 5.09. The standard InChI is InChI=1S/C12H24O2/c1-11(2,3)9(7-13)10(8-14)12(4,5)6/h13-14H,7-8H2,1-6H3/b10-9+. The largest absolute Gasteiger partial charge is 0.392 e. The second kappa shape index (κ2) is 4.45. The minimum Gasteiger partial charge on any atom is -0.392 e. The van der Waals surface area contributed by atoms with Crippen molar-refractivity contribution in [3.05, 3.63) is 11.1 Å². The first-order valence-corrected chi connectivity index (χ1v) is 5.09. The van der Waals surface area contributed by atoms with Crippen molar-refractivity contribution in [1.82, 2.24) is 0 Å². The van der Waals surface area contributed by atoms with Crippen LogP contribution in [0, 0.1) is 10.8 Å². The smallest absolute Gasteiger partial charge is 0.0650 e. The maximum absolute atomic E-state index is 9.36. The van der Waals surface area contributed by atoms with E-state index in [0.717, 1.165) is 11.1 Å². The molecule has 0 rings (SSSR count). The van der Waals surface area contributed by atoms with Gasteiger partial charge in [-0.1, -0.05) is 41.5 Å². The number of rotatable bonds is 2. The molecule has 2 N–H and O–H groups in total. The highest BCUT2D eigenvalue weighted by atomic mass is 16.3. The third-order valence-electron chi connectivity index (χ3n) is 2.49. The third-order valence-corrected chi connectivity index (χ3v) is 2.49. The topological polar surface area (TPSA) is 40.5 Å². The molecule has 84 valence electrons. The molecule has 0 saturated carbocycles. The van der Waals surface area contributed by atoms with Crippen LogP contribution >= 0.6 is 0 Å². The maximum atomic E-state index is 9.36. The summed E-state index contributed by atoms with van der Waals surface area (Å²) in [5, 5.41) is 18.7. The minimum absolute atomic E-state index is 0.0245.